The van der Waals surface area contributed by atoms with E-state index in [9.17, 15) is 4.79 Å². The highest BCUT2D eigenvalue weighted by Gasteiger charge is 2.24. The number of amides is 1. The van der Waals surface area contributed by atoms with E-state index < -0.39 is 0 Å². The molecule has 0 aliphatic heterocycles. The molecule has 2 rings (SSSR count). The number of nitrogens with two attached hydrogens (primary N) is 1. The fraction of sp³-hybridized carbons (Fsp3) is 0.333. The number of hydrogen-bond acceptors (Lipinski definition) is 5. The van der Waals surface area contributed by atoms with Gasteiger partial charge in [-0.3, -0.25) is 4.79 Å². The lowest BCUT2D eigenvalue weighted by Crippen LogP contribution is -2.32. The monoisotopic (exact) mass is 299 g/mol. The fourth-order valence-electron chi connectivity index (χ4n) is 1.53. The molecule has 0 spiro atoms. The molecule has 0 fully saturated rings. The number of hydrogen-bond donors (Lipinski definition) is 2. The number of carbonyl (C=O) groups is 1. The van der Waals surface area contributed by atoms with Crippen LogP contribution in [-0.4, -0.2) is 17.1 Å². The van der Waals surface area contributed by atoms with Gasteiger partial charge in [0.15, 0.2) is 0 Å². The summed E-state index contributed by atoms with van der Waals surface area (Å²) in [6.45, 7) is 3.91. The summed E-state index contributed by atoms with van der Waals surface area (Å²) in [5, 5.41) is 6.69. The van der Waals surface area contributed by atoms with Crippen LogP contribution < -0.4 is 11.1 Å². The Kier molecular flexibility index (Phi) is 4.11. The molecule has 1 unspecified atom stereocenters. The van der Waals surface area contributed by atoms with Gasteiger partial charge in [0.05, 0.1) is 9.21 Å². The Morgan fingerprint density at radius 1 is 1.63 bits per heavy atom. The number of carbonyl (C=O) groups excluding carboxylic acids is 1. The Bertz CT molecular complexity index is 594. The van der Waals surface area contributed by atoms with Gasteiger partial charge in [0.2, 0.25) is 5.88 Å². The standard InChI is InChI=1S/C12H14ClN3O2S/c1-3-6(2)15-12(17)9-10(16-18-11(9)14)7-4-5-8(13)19-7/h4-6H,3,14H2,1-2H3,(H,15,17). The van der Waals surface area contributed by atoms with Gasteiger partial charge in [-0.15, -0.1) is 11.3 Å². The molecule has 2 heterocycles. The molecule has 0 radical (unpaired) electrons. The van der Waals surface area contributed by atoms with Crippen molar-refractivity contribution < 1.29 is 9.32 Å². The molecule has 0 saturated carbocycles. The van der Waals surface area contributed by atoms with E-state index in [-0.39, 0.29) is 23.4 Å². The van der Waals surface area contributed by atoms with Crippen molar-refractivity contribution >= 4 is 34.7 Å². The highest BCUT2D eigenvalue weighted by molar-refractivity contribution is 7.19. The lowest BCUT2D eigenvalue weighted by molar-refractivity contribution is 0.0940. The first-order chi connectivity index (χ1) is 9.02. The van der Waals surface area contributed by atoms with Gasteiger partial charge in [0.1, 0.15) is 11.3 Å². The van der Waals surface area contributed by atoms with E-state index >= 15 is 0 Å². The van der Waals surface area contributed by atoms with Crippen LogP contribution in [0.15, 0.2) is 16.7 Å². The van der Waals surface area contributed by atoms with Crippen LogP contribution in [0.4, 0.5) is 5.88 Å². The lowest BCUT2D eigenvalue weighted by Gasteiger charge is -2.10. The highest BCUT2D eigenvalue weighted by Crippen LogP contribution is 2.34. The number of rotatable bonds is 4. The third-order valence-corrected chi connectivity index (χ3v) is 3.98. The molecule has 2 aromatic heterocycles. The molecule has 0 aromatic carbocycles. The summed E-state index contributed by atoms with van der Waals surface area (Å²) < 4.78 is 5.54. The number of nitrogens with one attached hydrogen (secondary N) is 1. The Labute approximate surface area is 119 Å². The van der Waals surface area contributed by atoms with Gasteiger partial charge in [0.25, 0.3) is 5.91 Å². The van der Waals surface area contributed by atoms with E-state index in [4.69, 9.17) is 21.9 Å². The molecule has 102 valence electrons. The highest BCUT2D eigenvalue weighted by atomic mass is 35.5. The van der Waals surface area contributed by atoms with Crippen LogP contribution in [0.25, 0.3) is 10.6 Å². The van der Waals surface area contributed by atoms with E-state index in [0.717, 1.165) is 11.3 Å². The van der Waals surface area contributed by atoms with Crippen molar-refractivity contribution in [3.05, 3.63) is 22.0 Å². The van der Waals surface area contributed by atoms with Gasteiger partial charge < -0.3 is 15.6 Å². The van der Waals surface area contributed by atoms with Gasteiger partial charge >= 0.3 is 0 Å². The maximum absolute atomic E-state index is 12.2. The SMILES string of the molecule is CCC(C)NC(=O)c1c(-c2ccc(Cl)s2)noc1N. The molecule has 7 heteroatoms. The number of halogens is 1. The molecule has 0 saturated heterocycles. The summed E-state index contributed by atoms with van der Waals surface area (Å²) in [5.74, 6) is -0.270. The molecule has 3 N–H and O–H groups in total. The molecule has 0 bridgehead atoms. The van der Waals surface area contributed by atoms with Gasteiger partial charge in [0, 0.05) is 6.04 Å². The van der Waals surface area contributed by atoms with Crippen LogP contribution in [0.1, 0.15) is 30.6 Å². The Hall–Kier alpha value is -1.53. The molecule has 1 amide bonds. The molecular weight excluding hydrogens is 286 g/mol. The maximum atomic E-state index is 12.2. The van der Waals surface area contributed by atoms with E-state index in [1.165, 1.54) is 11.3 Å². The van der Waals surface area contributed by atoms with Crippen molar-refractivity contribution in [3.63, 3.8) is 0 Å². The van der Waals surface area contributed by atoms with Gasteiger partial charge in [-0.1, -0.05) is 23.7 Å². The van der Waals surface area contributed by atoms with E-state index in [2.05, 4.69) is 10.5 Å². The summed E-state index contributed by atoms with van der Waals surface area (Å²) in [6, 6.07) is 3.58. The largest absolute Gasteiger partial charge is 0.367 e. The molecule has 5 nitrogen and oxygen atoms in total. The van der Waals surface area contributed by atoms with Crippen molar-refractivity contribution in [1.82, 2.24) is 10.5 Å². The summed E-state index contributed by atoms with van der Waals surface area (Å²) in [6.07, 6.45) is 0.830. The second kappa shape index (κ2) is 5.63. The fourth-order valence-corrected chi connectivity index (χ4v) is 2.56. The molecule has 19 heavy (non-hydrogen) atoms. The topological polar surface area (TPSA) is 81.2 Å². The normalized spacial score (nSPS) is 12.4. The number of nitrogens with zero attached hydrogens (tertiary/aromatic N) is 1. The number of anilines is 1. The molecular formula is C12H14ClN3O2S. The first kappa shape index (κ1) is 13.9. The van der Waals surface area contributed by atoms with Crippen LogP contribution in [0.5, 0.6) is 0 Å². The summed E-state index contributed by atoms with van der Waals surface area (Å²) >= 11 is 7.20. The molecule has 0 aliphatic carbocycles. The molecule has 2 aromatic rings. The van der Waals surface area contributed by atoms with Crippen molar-refractivity contribution in [2.45, 2.75) is 26.3 Å². The predicted molar refractivity (Wildman–Crippen MR) is 76.5 cm³/mol. The smallest absolute Gasteiger partial charge is 0.259 e. The third-order valence-electron chi connectivity index (χ3n) is 2.74. The molecule has 1 atom stereocenters. The van der Waals surface area contributed by atoms with Crippen molar-refractivity contribution in [3.8, 4) is 10.6 Å². The maximum Gasteiger partial charge on any atom is 0.259 e. The Morgan fingerprint density at radius 3 is 2.95 bits per heavy atom. The van der Waals surface area contributed by atoms with Gasteiger partial charge in [-0.05, 0) is 25.5 Å². The number of aromatic nitrogens is 1. The zero-order valence-electron chi connectivity index (χ0n) is 10.6. The quantitative estimate of drug-likeness (QED) is 0.908. The number of thiophene rings is 1. The van der Waals surface area contributed by atoms with E-state index in [1.54, 1.807) is 12.1 Å². The van der Waals surface area contributed by atoms with Crippen LogP contribution in [0.2, 0.25) is 4.34 Å². The minimum absolute atomic E-state index is 0.0142. The number of nitrogen functional groups attached to an aromatic ring is 1. The lowest BCUT2D eigenvalue weighted by atomic mass is 10.1. The van der Waals surface area contributed by atoms with Crippen molar-refractivity contribution in [1.29, 1.82) is 0 Å². The second-order valence-electron chi connectivity index (χ2n) is 4.16. The minimum atomic E-state index is -0.285. The first-order valence-electron chi connectivity index (χ1n) is 5.84. The second-order valence-corrected chi connectivity index (χ2v) is 5.87. The van der Waals surface area contributed by atoms with Crippen LogP contribution in [0, 0.1) is 0 Å². The van der Waals surface area contributed by atoms with Crippen LogP contribution in [-0.2, 0) is 0 Å². The predicted octanol–water partition coefficient (Wildman–Crippen LogP) is 3.17. The molecule has 0 aliphatic rings. The van der Waals surface area contributed by atoms with E-state index in [1.807, 2.05) is 13.8 Å². The summed E-state index contributed by atoms with van der Waals surface area (Å²) in [5.41, 5.74) is 6.37. The average molecular weight is 300 g/mol. The van der Waals surface area contributed by atoms with Crippen LogP contribution >= 0.6 is 22.9 Å². The summed E-state index contributed by atoms with van der Waals surface area (Å²) in [7, 11) is 0. The first-order valence-corrected chi connectivity index (χ1v) is 7.04. The van der Waals surface area contributed by atoms with Crippen molar-refractivity contribution in [2.75, 3.05) is 5.73 Å². The van der Waals surface area contributed by atoms with Crippen molar-refractivity contribution in [2.24, 2.45) is 0 Å². The minimum Gasteiger partial charge on any atom is -0.367 e. The third kappa shape index (κ3) is 2.90. The Morgan fingerprint density at radius 2 is 2.37 bits per heavy atom. The van der Waals surface area contributed by atoms with E-state index in [0.29, 0.717) is 10.0 Å². The zero-order chi connectivity index (χ0) is 14.0. The van der Waals surface area contributed by atoms with Gasteiger partial charge in [-0.2, -0.15) is 0 Å². The Balaban J connectivity index is 2.35. The van der Waals surface area contributed by atoms with Crippen LogP contribution in [0.3, 0.4) is 0 Å². The van der Waals surface area contributed by atoms with Gasteiger partial charge in [-0.25, -0.2) is 0 Å². The summed E-state index contributed by atoms with van der Waals surface area (Å²) in [4.78, 5) is 12.9. The zero-order valence-corrected chi connectivity index (χ0v) is 12.1. The average Bonchev–Trinajstić information content (AvgIpc) is 2.95.